The molecule has 1 aliphatic heterocycles. The van der Waals surface area contributed by atoms with Crippen LogP contribution in [0.15, 0.2) is 22.7 Å². The highest BCUT2D eigenvalue weighted by Crippen LogP contribution is 2.38. The second kappa shape index (κ2) is 5.92. The fourth-order valence-corrected chi connectivity index (χ4v) is 2.16. The van der Waals surface area contributed by atoms with Crippen molar-refractivity contribution in [1.29, 1.82) is 0 Å². The molecule has 1 atom stereocenters. The maximum absolute atomic E-state index is 13.7. The second-order valence-electron chi connectivity index (χ2n) is 3.80. The molecule has 1 aromatic carbocycles. The zero-order valence-electron chi connectivity index (χ0n) is 9.78. The quantitative estimate of drug-likeness (QED) is 0.882. The number of hydrogen-bond donors (Lipinski definition) is 1. The average molecular weight is 359 g/mol. The molecule has 0 unspecified atom stereocenters. The summed E-state index contributed by atoms with van der Waals surface area (Å²) in [6.07, 6.45) is -0.861. The summed E-state index contributed by atoms with van der Waals surface area (Å²) in [5.41, 5.74) is 0.246. The molecule has 1 saturated heterocycles. The first-order valence-corrected chi connectivity index (χ1v) is 5.88. The number of carbonyl (C=O) groups is 1. The number of ether oxygens (including phenoxy) is 2. The van der Waals surface area contributed by atoms with Gasteiger partial charge in [-0.2, -0.15) is 0 Å². The summed E-state index contributed by atoms with van der Waals surface area (Å²) in [7, 11) is 1.44. The van der Waals surface area contributed by atoms with Crippen LogP contribution in [-0.4, -0.2) is 25.7 Å². The summed E-state index contributed by atoms with van der Waals surface area (Å²) < 4.78 is 37.2. The van der Waals surface area contributed by atoms with Crippen LogP contribution in [0.3, 0.4) is 0 Å². The van der Waals surface area contributed by atoms with E-state index in [0.717, 1.165) is 0 Å². The normalized spacial score (nSPS) is 20.8. The molecule has 4 nitrogen and oxygen atoms in total. The molecular weight excluding hydrogens is 347 g/mol. The van der Waals surface area contributed by atoms with Gasteiger partial charge in [-0.15, -0.1) is 12.4 Å². The molecular formula is C11H11BrClF2NO3. The van der Waals surface area contributed by atoms with E-state index in [-0.39, 0.29) is 18.0 Å². The maximum atomic E-state index is 13.7. The first-order valence-electron chi connectivity index (χ1n) is 5.08. The van der Waals surface area contributed by atoms with Crippen molar-refractivity contribution in [3.05, 3.63) is 28.2 Å². The van der Waals surface area contributed by atoms with Gasteiger partial charge in [-0.1, -0.05) is 15.9 Å². The van der Waals surface area contributed by atoms with Gasteiger partial charge in [-0.05, 0) is 23.8 Å². The molecule has 1 aliphatic rings. The van der Waals surface area contributed by atoms with Crippen molar-refractivity contribution in [2.24, 2.45) is 0 Å². The molecule has 0 radical (unpaired) electrons. The van der Waals surface area contributed by atoms with Gasteiger partial charge in [-0.3, -0.25) is 0 Å². The van der Waals surface area contributed by atoms with Crippen molar-refractivity contribution < 1.29 is 23.0 Å². The lowest BCUT2D eigenvalue weighted by Crippen LogP contribution is -2.49. The lowest BCUT2D eigenvalue weighted by molar-refractivity contribution is -0.104. The van der Waals surface area contributed by atoms with Gasteiger partial charge in [0.1, 0.15) is 11.8 Å². The van der Waals surface area contributed by atoms with Crippen molar-refractivity contribution in [3.8, 4) is 5.75 Å². The molecule has 1 fully saturated rings. The van der Waals surface area contributed by atoms with Crippen LogP contribution >= 0.6 is 28.3 Å². The predicted molar refractivity (Wildman–Crippen MR) is 70.1 cm³/mol. The molecule has 1 aromatic rings. The Bertz CT molecular complexity index is 487. The highest BCUT2D eigenvalue weighted by molar-refractivity contribution is 9.10. The molecule has 19 heavy (non-hydrogen) atoms. The number of rotatable bonds is 2. The summed E-state index contributed by atoms with van der Waals surface area (Å²) >= 11 is 3.19. The minimum atomic E-state index is -3.18. The van der Waals surface area contributed by atoms with E-state index in [2.05, 4.69) is 26.0 Å². The summed E-state index contributed by atoms with van der Waals surface area (Å²) in [5, 5.41) is 2.12. The van der Waals surface area contributed by atoms with E-state index in [0.29, 0.717) is 10.2 Å². The molecule has 1 heterocycles. The van der Waals surface area contributed by atoms with Gasteiger partial charge in [0, 0.05) is 4.47 Å². The summed E-state index contributed by atoms with van der Waals surface area (Å²) in [5.74, 6) is -2.74. The first kappa shape index (κ1) is 16.0. The Morgan fingerprint density at radius 3 is 2.84 bits per heavy atom. The topological polar surface area (TPSA) is 47.6 Å². The number of alkyl carbamates (subject to hydrolysis) is 1. The van der Waals surface area contributed by atoms with Crippen molar-refractivity contribution >= 4 is 34.4 Å². The average Bonchev–Trinajstić information content (AvgIpc) is 2.33. The molecule has 1 amide bonds. The lowest BCUT2D eigenvalue weighted by atomic mass is 10.00. The molecule has 0 aliphatic carbocycles. The van der Waals surface area contributed by atoms with E-state index < -0.39 is 24.7 Å². The number of nitrogens with one attached hydrogen (secondary N) is 1. The number of cyclic esters (lactones) is 1. The number of carbonyl (C=O) groups excluding carboxylic acids is 1. The highest BCUT2D eigenvalue weighted by atomic mass is 79.9. The minimum absolute atomic E-state index is 0. The number of methoxy groups -OCH3 is 1. The van der Waals surface area contributed by atoms with Gasteiger partial charge < -0.3 is 14.8 Å². The van der Waals surface area contributed by atoms with Crippen LogP contribution in [0.25, 0.3) is 0 Å². The summed E-state index contributed by atoms with van der Waals surface area (Å²) in [4.78, 5) is 11.1. The van der Waals surface area contributed by atoms with E-state index in [1.54, 1.807) is 12.1 Å². The Balaban J connectivity index is 0.00000180. The van der Waals surface area contributed by atoms with Crippen molar-refractivity contribution in [2.75, 3.05) is 13.7 Å². The number of amides is 1. The van der Waals surface area contributed by atoms with Crippen LogP contribution in [0.5, 0.6) is 5.75 Å². The predicted octanol–water partition coefficient (Wildman–Crippen LogP) is 3.30. The zero-order chi connectivity index (χ0) is 13.3. The number of benzene rings is 1. The Morgan fingerprint density at radius 1 is 1.53 bits per heavy atom. The van der Waals surface area contributed by atoms with Gasteiger partial charge in [-0.25, -0.2) is 13.6 Å². The van der Waals surface area contributed by atoms with E-state index in [1.807, 2.05) is 0 Å². The third-order valence-corrected chi connectivity index (χ3v) is 3.32. The van der Waals surface area contributed by atoms with Crippen LogP contribution in [0.4, 0.5) is 13.6 Å². The molecule has 2 rings (SSSR count). The third-order valence-electron chi connectivity index (χ3n) is 2.59. The zero-order valence-corrected chi connectivity index (χ0v) is 12.2. The Labute approximate surface area is 123 Å². The molecule has 0 saturated carbocycles. The van der Waals surface area contributed by atoms with Crippen molar-refractivity contribution in [1.82, 2.24) is 5.32 Å². The van der Waals surface area contributed by atoms with E-state index in [1.165, 1.54) is 13.2 Å². The third kappa shape index (κ3) is 3.27. The van der Waals surface area contributed by atoms with Gasteiger partial charge >= 0.3 is 12.0 Å². The van der Waals surface area contributed by atoms with Gasteiger partial charge in [0.15, 0.2) is 6.61 Å². The largest absolute Gasteiger partial charge is 0.497 e. The standard InChI is InChI=1S/C11H10BrF2NO3.ClH/c1-17-6-2-3-8(12)7(4-6)9-11(13,14)5-18-10(16)15-9;/h2-4,9H,5H2,1H3,(H,15,16);1H/t9-;/m1./s1. The van der Waals surface area contributed by atoms with E-state index in [4.69, 9.17) is 4.74 Å². The Kier molecular flexibility index (Phi) is 4.98. The number of alkyl halides is 2. The van der Waals surface area contributed by atoms with E-state index >= 15 is 0 Å². The second-order valence-corrected chi connectivity index (χ2v) is 4.66. The first-order chi connectivity index (χ1) is 8.44. The number of hydrogen-bond acceptors (Lipinski definition) is 3. The molecule has 0 spiro atoms. The van der Waals surface area contributed by atoms with Crippen LogP contribution in [0.2, 0.25) is 0 Å². The number of halogens is 4. The maximum Gasteiger partial charge on any atom is 0.408 e. The van der Waals surface area contributed by atoms with Gasteiger partial charge in [0.05, 0.1) is 7.11 Å². The molecule has 8 heteroatoms. The Morgan fingerprint density at radius 2 is 2.21 bits per heavy atom. The SMILES string of the molecule is COc1ccc(Br)c([C@H]2NC(=O)OCC2(F)F)c1.Cl. The van der Waals surface area contributed by atoms with Gasteiger partial charge in [0.2, 0.25) is 0 Å². The van der Waals surface area contributed by atoms with Crippen LogP contribution in [0, 0.1) is 0 Å². The summed E-state index contributed by atoms with van der Waals surface area (Å²) in [6.45, 7) is -0.937. The van der Waals surface area contributed by atoms with Gasteiger partial charge in [0.25, 0.3) is 0 Å². The van der Waals surface area contributed by atoms with Crippen LogP contribution in [-0.2, 0) is 4.74 Å². The van der Waals surface area contributed by atoms with Crippen molar-refractivity contribution in [2.45, 2.75) is 12.0 Å². The monoisotopic (exact) mass is 357 g/mol. The summed E-state index contributed by atoms with van der Waals surface area (Å²) in [6, 6.07) is 3.23. The molecule has 0 bridgehead atoms. The van der Waals surface area contributed by atoms with Crippen LogP contribution in [0.1, 0.15) is 11.6 Å². The fourth-order valence-electron chi connectivity index (χ4n) is 1.69. The van der Waals surface area contributed by atoms with Crippen molar-refractivity contribution in [3.63, 3.8) is 0 Å². The van der Waals surface area contributed by atoms with E-state index in [9.17, 15) is 13.6 Å². The lowest BCUT2D eigenvalue weighted by Gasteiger charge is -2.32. The smallest absolute Gasteiger partial charge is 0.408 e. The molecule has 0 aromatic heterocycles. The fraction of sp³-hybridized carbons (Fsp3) is 0.364. The molecule has 1 N–H and O–H groups in total. The Hall–Kier alpha value is -1.08. The van der Waals surface area contributed by atoms with Crippen LogP contribution < -0.4 is 10.1 Å². The minimum Gasteiger partial charge on any atom is -0.497 e. The highest BCUT2D eigenvalue weighted by Gasteiger charge is 2.47. The molecule has 106 valence electrons.